The molecular weight excluding hydrogens is 259 g/mol. The first-order chi connectivity index (χ1) is 5.29. The van der Waals surface area contributed by atoms with E-state index in [-0.39, 0.29) is 24.0 Å². The van der Waals surface area contributed by atoms with Gasteiger partial charge < -0.3 is 0 Å². The van der Waals surface area contributed by atoms with Crippen molar-refractivity contribution >= 4 is 24.0 Å². The summed E-state index contributed by atoms with van der Waals surface area (Å²) in [6.45, 7) is 4.53. The number of halogens is 1. The average Bonchev–Trinajstić information content (AvgIpc) is 2.03. The van der Waals surface area contributed by atoms with Gasteiger partial charge in [-0.25, -0.2) is 0 Å². The van der Waals surface area contributed by atoms with Crippen LogP contribution >= 0.6 is 24.0 Å². The van der Waals surface area contributed by atoms with Gasteiger partial charge in [0.15, 0.2) is 0 Å². The van der Waals surface area contributed by atoms with E-state index in [9.17, 15) is 0 Å². The van der Waals surface area contributed by atoms with E-state index in [1.807, 2.05) is 0 Å². The van der Waals surface area contributed by atoms with E-state index in [2.05, 4.69) is 44.2 Å². The van der Waals surface area contributed by atoms with Gasteiger partial charge in [0.1, 0.15) is 0 Å². The van der Waals surface area contributed by atoms with Gasteiger partial charge in [-0.15, -0.1) is 24.0 Å². The zero-order chi connectivity index (χ0) is 8.10. The van der Waals surface area contributed by atoms with E-state index < -0.39 is 0 Å². The summed E-state index contributed by atoms with van der Waals surface area (Å²) in [7, 11) is 0. The molecule has 0 nitrogen and oxygen atoms in total. The minimum atomic E-state index is 0. The highest BCUT2D eigenvalue weighted by molar-refractivity contribution is 14.0. The van der Waals surface area contributed by atoms with Crippen molar-refractivity contribution in [3.05, 3.63) is 35.9 Å². The molecule has 1 heteroatoms. The molecule has 0 saturated carbocycles. The Balaban J connectivity index is 0.00000121. The Kier molecular flexibility index (Phi) is 6.44. The highest BCUT2D eigenvalue weighted by Gasteiger charge is 1.94. The molecule has 1 aromatic carbocycles. The highest BCUT2D eigenvalue weighted by Crippen LogP contribution is 2.07. The molecule has 0 atom stereocenters. The molecule has 0 saturated heterocycles. The molecule has 12 heavy (non-hydrogen) atoms. The molecule has 0 aromatic heterocycles. The van der Waals surface area contributed by atoms with Gasteiger partial charge in [-0.1, -0.05) is 44.2 Å². The Bertz CT molecular complexity index is 191. The normalized spacial score (nSPS) is 9.58. The van der Waals surface area contributed by atoms with E-state index >= 15 is 0 Å². The van der Waals surface area contributed by atoms with Crippen molar-refractivity contribution in [3.8, 4) is 0 Å². The Morgan fingerprint density at radius 2 is 1.67 bits per heavy atom. The lowest BCUT2D eigenvalue weighted by molar-refractivity contribution is 0.587. The second-order valence-electron chi connectivity index (χ2n) is 3.42. The minimum Gasteiger partial charge on any atom is -0.107 e. The van der Waals surface area contributed by atoms with Gasteiger partial charge in [0.25, 0.3) is 0 Å². The van der Waals surface area contributed by atoms with Gasteiger partial charge in [0, 0.05) is 0 Å². The largest absolute Gasteiger partial charge is 0.107 e. The molecule has 0 aliphatic carbocycles. The van der Waals surface area contributed by atoms with Crippen LogP contribution in [0.1, 0.15) is 25.8 Å². The van der Waals surface area contributed by atoms with Crippen LogP contribution in [0.5, 0.6) is 0 Å². The molecule has 0 unspecified atom stereocenters. The second kappa shape index (κ2) is 6.46. The van der Waals surface area contributed by atoms with Crippen LogP contribution in [-0.2, 0) is 6.42 Å². The maximum Gasteiger partial charge on any atom is -0.0276 e. The molecule has 68 valence electrons. The van der Waals surface area contributed by atoms with Crippen LogP contribution in [0.2, 0.25) is 0 Å². The first kappa shape index (κ1) is 11.9. The lowest BCUT2D eigenvalue weighted by atomic mass is 10.0. The zero-order valence-electron chi connectivity index (χ0n) is 7.79. The molecular formula is C11H17I. The fraction of sp³-hybridized carbons (Fsp3) is 0.455. The van der Waals surface area contributed by atoms with Crippen LogP contribution in [0, 0.1) is 5.92 Å². The number of hydrogen-bond donors (Lipinski definition) is 0. The van der Waals surface area contributed by atoms with Crippen LogP contribution in [0.15, 0.2) is 30.3 Å². The predicted octanol–water partition coefficient (Wildman–Crippen LogP) is 3.89. The summed E-state index contributed by atoms with van der Waals surface area (Å²) in [6.07, 6.45) is 2.52. The standard InChI is InChI=1S/C11H16.HI/c1-10(2)8-9-11-6-4-3-5-7-11;/h3-7,10H,8-9H2,1-2H3;1H. The molecule has 0 aliphatic rings. The van der Waals surface area contributed by atoms with Crippen LogP contribution < -0.4 is 0 Å². The third-order valence-electron chi connectivity index (χ3n) is 1.85. The van der Waals surface area contributed by atoms with Crippen molar-refractivity contribution in [2.24, 2.45) is 5.92 Å². The maximum absolute atomic E-state index is 2.27. The number of rotatable bonds is 3. The van der Waals surface area contributed by atoms with Crippen molar-refractivity contribution in [1.29, 1.82) is 0 Å². The fourth-order valence-corrected chi connectivity index (χ4v) is 1.10. The van der Waals surface area contributed by atoms with E-state index in [1.165, 1.54) is 18.4 Å². The number of aryl methyl sites for hydroxylation is 1. The third-order valence-corrected chi connectivity index (χ3v) is 1.85. The van der Waals surface area contributed by atoms with E-state index in [1.54, 1.807) is 0 Å². The van der Waals surface area contributed by atoms with Gasteiger partial charge in [0.2, 0.25) is 0 Å². The van der Waals surface area contributed by atoms with E-state index in [0.717, 1.165) is 5.92 Å². The smallest absolute Gasteiger partial charge is 0.0276 e. The monoisotopic (exact) mass is 276 g/mol. The average molecular weight is 276 g/mol. The molecule has 0 spiro atoms. The van der Waals surface area contributed by atoms with Crippen LogP contribution in [0.3, 0.4) is 0 Å². The summed E-state index contributed by atoms with van der Waals surface area (Å²) in [5.74, 6) is 0.815. The van der Waals surface area contributed by atoms with Gasteiger partial charge in [0.05, 0.1) is 0 Å². The second-order valence-corrected chi connectivity index (χ2v) is 3.42. The van der Waals surface area contributed by atoms with Crippen molar-refractivity contribution in [2.75, 3.05) is 0 Å². The van der Waals surface area contributed by atoms with Gasteiger partial charge in [-0.2, -0.15) is 0 Å². The van der Waals surface area contributed by atoms with Gasteiger partial charge in [-0.3, -0.25) is 0 Å². The number of benzene rings is 1. The van der Waals surface area contributed by atoms with Crippen molar-refractivity contribution < 1.29 is 0 Å². The lowest BCUT2D eigenvalue weighted by Gasteiger charge is -2.03. The topological polar surface area (TPSA) is 0 Å². The lowest BCUT2D eigenvalue weighted by Crippen LogP contribution is -1.91. The molecule has 0 amide bonds. The number of hydrogen-bond acceptors (Lipinski definition) is 0. The molecule has 1 aromatic rings. The van der Waals surface area contributed by atoms with Crippen molar-refractivity contribution in [3.63, 3.8) is 0 Å². The Morgan fingerprint density at radius 3 is 2.17 bits per heavy atom. The molecule has 0 aliphatic heterocycles. The summed E-state index contributed by atoms with van der Waals surface area (Å²) in [5.41, 5.74) is 1.46. The summed E-state index contributed by atoms with van der Waals surface area (Å²) in [5, 5.41) is 0. The molecule has 0 bridgehead atoms. The quantitative estimate of drug-likeness (QED) is 0.735. The van der Waals surface area contributed by atoms with Crippen molar-refractivity contribution in [1.82, 2.24) is 0 Å². The van der Waals surface area contributed by atoms with Crippen LogP contribution in [0.25, 0.3) is 0 Å². The van der Waals surface area contributed by atoms with Gasteiger partial charge >= 0.3 is 0 Å². The van der Waals surface area contributed by atoms with E-state index in [4.69, 9.17) is 0 Å². The van der Waals surface area contributed by atoms with Gasteiger partial charge in [-0.05, 0) is 24.3 Å². The Morgan fingerprint density at radius 1 is 1.08 bits per heavy atom. The van der Waals surface area contributed by atoms with Crippen LogP contribution in [0.4, 0.5) is 0 Å². The summed E-state index contributed by atoms with van der Waals surface area (Å²) in [6, 6.07) is 10.7. The first-order valence-electron chi connectivity index (χ1n) is 4.33. The summed E-state index contributed by atoms with van der Waals surface area (Å²) < 4.78 is 0. The zero-order valence-corrected chi connectivity index (χ0v) is 10.1. The van der Waals surface area contributed by atoms with Crippen molar-refractivity contribution in [2.45, 2.75) is 26.7 Å². The molecule has 0 N–H and O–H groups in total. The van der Waals surface area contributed by atoms with E-state index in [0.29, 0.717) is 0 Å². The summed E-state index contributed by atoms with van der Waals surface area (Å²) in [4.78, 5) is 0. The maximum atomic E-state index is 2.27. The SMILES string of the molecule is CC(C)CCc1ccccc1.I. The first-order valence-corrected chi connectivity index (χ1v) is 4.33. The highest BCUT2D eigenvalue weighted by atomic mass is 127. The fourth-order valence-electron chi connectivity index (χ4n) is 1.10. The molecule has 1 rings (SSSR count). The predicted molar refractivity (Wildman–Crippen MR) is 65.0 cm³/mol. The molecule has 0 heterocycles. The molecule has 0 radical (unpaired) electrons. The molecule has 0 fully saturated rings. The minimum absolute atomic E-state index is 0. The Labute approximate surface area is 92.4 Å². The summed E-state index contributed by atoms with van der Waals surface area (Å²) >= 11 is 0. The third kappa shape index (κ3) is 4.75. The van der Waals surface area contributed by atoms with Crippen LogP contribution in [-0.4, -0.2) is 0 Å². The Hall–Kier alpha value is -0.0500.